The van der Waals surface area contributed by atoms with Gasteiger partial charge in [-0.15, -0.1) is 0 Å². The highest BCUT2D eigenvalue weighted by atomic mass is 16.6. The molecule has 168 valence electrons. The van der Waals surface area contributed by atoms with Crippen molar-refractivity contribution >= 4 is 18.0 Å². The lowest BCUT2D eigenvalue weighted by molar-refractivity contribution is -0.158. The molecule has 1 aliphatic rings. The first kappa shape index (κ1) is 25.4. The summed E-state index contributed by atoms with van der Waals surface area (Å²) in [7, 11) is 0. The predicted molar refractivity (Wildman–Crippen MR) is 113 cm³/mol. The minimum Gasteiger partial charge on any atom is -0.460 e. The number of rotatable bonds is 12. The molecule has 0 bridgehead atoms. The highest BCUT2D eigenvalue weighted by Gasteiger charge is 2.42. The van der Waals surface area contributed by atoms with Crippen LogP contribution in [-0.2, 0) is 19.1 Å². The molecule has 0 aliphatic carbocycles. The topological polar surface area (TPSA) is 72.9 Å². The summed E-state index contributed by atoms with van der Waals surface area (Å²) in [4.78, 5) is 39.0. The Labute approximate surface area is 176 Å². The Hall–Kier alpha value is -1.59. The molecule has 0 aromatic rings. The van der Waals surface area contributed by atoms with Crippen LogP contribution in [0.5, 0.6) is 0 Å². The summed E-state index contributed by atoms with van der Waals surface area (Å²) in [5.41, 5.74) is -0.600. The van der Waals surface area contributed by atoms with E-state index in [1.54, 1.807) is 0 Å². The molecule has 2 amide bonds. The minimum atomic E-state index is -0.600. The van der Waals surface area contributed by atoms with Gasteiger partial charge in [0.15, 0.2) is 0 Å². The van der Waals surface area contributed by atoms with Gasteiger partial charge in [-0.2, -0.15) is 0 Å². The lowest BCUT2D eigenvalue weighted by Gasteiger charge is -2.27. The van der Waals surface area contributed by atoms with Gasteiger partial charge in [-0.05, 0) is 33.1 Å². The predicted octanol–water partition coefficient (Wildman–Crippen LogP) is 5.48. The van der Waals surface area contributed by atoms with Gasteiger partial charge in [0.05, 0.1) is 12.5 Å². The van der Waals surface area contributed by atoms with Crippen molar-refractivity contribution in [1.29, 1.82) is 0 Å². The van der Waals surface area contributed by atoms with Crippen LogP contribution in [0.3, 0.4) is 0 Å². The molecular formula is C23H41NO5. The maximum Gasteiger partial charge on any atom is 0.416 e. The van der Waals surface area contributed by atoms with Gasteiger partial charge in [-0.1, -0.05) is 65.7 Å². The number of cyclic esters (lactones) is 1. The van der Waals surface area contributed by atoms with Crippen molar-refractivity contribution < 1.29 is 23.9 Å². The van der Waals surface area contributed by atoms with E-state index in [0.29, 0.717) is 6.42 Å². The van der Waals surface area contributed by atoms with Crippen LogP contribution in [0.1, 0.15) is 99.3 Å². The summed E-state index contributed by atoms with van der Waals surface area (Å²) >= 11 is 0. The van der Waals surface area contributed by atoms with E-state index in [1.807, 2.05) is 34.6 Å². The Bertz CT molecular complexity index is 538. The summed E-state index contributed by atoms with van der Waals surface area (Å²) in [6, 6.07) is -0.273. The molecule has 29 heavy (non-hydrogen) atoms. The average Bonchev–Trinajstić information content (AvgIpc) is 2.99. The van der Waals surface area contributed by atoms with E-state index in [1.165, 1.54) is 30.6 Å². The molecule has 1 rings (SSSR count). The number of imide groups is 1. The summed E-state index contributed by atoms with van der Waals surface area (Å²) in [5.74, 6) is -1.14. The summed E-state index contributed by atoms with van der Waals surface area (Å²) < 4.78 is 10.6. The third kappa shape index (κ3) is 9.18. The van der Waals surface area contributed by atoms with Crippen molar-refractivity contribution in [2.45, 2.75) is 111 Å². The van der Waals surface area contributed by atoms with E-state index < -0.39 is 23.6 Å². The van der Waals surface area contributed by atoms with E-state index in [4.69, 9.17) is 9.47 Å². The normalized spacial score (nSPS) is 18.1. The van der Waals surface area contributed by atoms with Crippen molar-refractivity contribution in [1.82, 2.24) is 4.90 Å². The number of unbranched alkanes of at least 4 members (excludes halogenated alkanes) is 6. The number of hydrogen-bond acceptors (Lipinski definition) is 5. The Morgan fingerprint density at radius 1 is 1.10 bits per heavy atom. The quantitative estimate of drug-likeness (QED) is 0.314. The molecule has 0 spiro atoms. The zero-order chi connectivity index (χ0) is 22.0. The Morgan fingerprint density at radius 3 is 2.24 bits per heavy atom. The van der Waals surface area contributed by atoms with Crippen molar-refractivity contribution in [2.75, 3.05) is 6.61 Å². The summed E-state index contributed by atoms with van der Waals surface area (Å²) in [6.07, 6.45) is 7.93. The Balaban J connectivity index is 2.74. The van der Waals surface area contributed by atoms with Crippen molar-refractivity contribution in [2.24, 2.45) is 11.8 Å². The lowest BCUT2D eigenvalue weighted by atomic mass is 9.94. The number of carbonyl (C=O) groups is 3. The molecule has 0 aromatic carbocycles. The minimum absolute atomic E-state index is 0.000529. The maximum absolute atomic E-state index is 13.2. The molecule has 6 heteroatoms. The van der Waals surface area contributed by atoms with Gasteiger partial charge in [0.2, 0.25) is 5.91 Å². The summed E-state index contributed by atoms with van der Waals surface area (Å²) in [5, 5.41) is 0. The molecule has 1 saturated heterocycles. The van der Waals surface area contributed by atoms with Crippen LogP contribution in [0.4, 0.5) is 4.79 Å². The second kappa shape index (κ2) is 12.2. The van der Waals surface area contributed by atoms with Crippen molar-refractivity contribution in [3.05, 3.63) is 0 Å². The van der Waals surface area contributed by atoms with E-state index >= 15 is 0 Å². The van der Waals surface area contributed by atoms with Crippen LogP contribution in [0.2, 0.25) is 0 Å². The van der Waals surface area contributed by atoms with Gasteiger partial charge in [-0.3, -0.25) is 9.59 Å². The molecular weight excluding hydrogens is 370 g/mol. The van der Waals surface area contributed by atoms with Crippen LogP contribution < -0.4 is 0 Å². The van der Waals surface area contributed by atoms with Gasteiger partial charge < -0.3 is 9.47 Å². The second-order valence-corrected chi connectivity index (χ2v) is 9.49. The lowest BCUT2D eigenvalue weighted by Crippen LogP contribution is -2.45. The van der Waals surface area contributed by atoms with E-state index in [9.17, 15) is 14.4 Å². The first-order chi connectivity index (χ1) is 13.6. The number of esters is 1. The molecule has 1 heterocycles. The molecule has 6 nitrogen and oxygen atoms in total. The standard InChI is InChI=1S/C23H41NO5/c1-7-8-9-10-11-12-13-14-18(15-20(25)29-23(4,5)6)21(26)24-19(17(2)3)16-28-22(24)27/h17-19H,7-16H2,1-6H3/t18-,19-/m1/s1. The van der Waals surface area contributed by atoms with E-state index in [2.05, 4.69) is 6.92 Å². The van der Waals surface area contributed by atoms with Crippen molar-refractivity contribution in [3.63, 3.8) is 0 Å². The fraction of sp³-hybridized carbons (Fsp3) is 0.870. The number of ether oxygens (including phenoxy) is 2. The number of carbonyl (C=O) groups excluding carboxylic acids is 3. The molecule has 0 saturated carbocycles. The fourth-order valence-corrected chi connectivity index (χ4v) is 3.62. The first-order valence-corrected chi connectivity index (χ1v) is 11.3. The van der Waals surface area contributed by atoms with E-state index in [0.717, 1.165) is 19.3 Å². The van der Waals surface area contributed by atoms with Crippen molar-refractivity contribution in [3.8, 4) is 0 Å². The Kier molecular flexibility index (Phi) is 10.7. The molecule has 2 atom stereocenters. The molecule has 0 aromatic heterocycles. The monoisotopic (exact) mass is 411 g/mol. The SMILES string of the molecule is CCCCCCCCC[C@H](CC(=O)OC(C)(C)C)C(=O)N1C(=O)OC[C@@H]1C(C)C. The van der Waals surface area contributed by atoms with E-state index in [-0.39, 0.29) is 30.9 Å². The zero-order valence-electron chi connectivity index (χ0n) is 19.3. The van der Waals surface area contributed by atoms with Crippen LogP contribution >= 0.6 is 0 Å². The molecule has 1 fully saturated rings. The first-order valence-electron chi connectivity index (χ1n) is 11.3. The van der Waals surface area contributed by atoms with Gasteiger partial charge in [-0.25, -0.2) is 9.69 Å². The molecule has 1 aliphatic heterocycles. The van der Waals surface area contributed by atoms with Crippen LogP contribution in [0, 0.1) is 11.8 Å². The van der Waals surface area contributed by atoms with Crippen LogP contribution in [0.25, 0.3) is 0 Å². The number of amides is 2. The average molecular weight is 412 g/mol. The molecule has 0 radical (unpaired) electrons. The van der Waals surface area contributed by atoms with Gasteiger partial charge >= 0.3 is 12.1 Å². The summed E-state index contributed by atoms with van der Waals surface area (Å²) in [6.45, 7) is 11.8. The Morgan fingerprint density at radius 2 is 1.69 bits per heavy atom. The van der Waals surface area contributed by atoms with Gasteiger partial charge in [0.25, 0.3) is 0 Å². The maximum atomic E-state index is 13.2. The van der Waals surface area contributed by atoms with Gasteiger partial charge in [0, 0.05) is 5.92 Å². The highest BCUT2D eigenvalue weighted by Crippen LogP contribution is 2.26. The third-order valence-electron chi connectivity index (χ3n) is 5.25. The zero-order valence-corrected chi connectivity index (χ0v) is 19.3. The fourth-order valence-electron chi connectivity index (χ4n) is 3.62. The third-order valence-corrected chi connectivity index (χ3v) is 5.25. The second-order valence-electron chi connectivity index (χ2n) is 9.49. The smallest absolute Gasteiger partial charge is 0.416 e. The largest absolute Gasteiger partial charge is 0.460 e. The highest BCUT2D eigenvalue weighted by molar-refractivity contribution is 5.96. The van der Waals surface area contributed by atoms with Crippen LogP contribution in [0.15, 0.2) is 0 Å². The van der Waals surface area contributed by atoms with Crippen LogP contribution in [-0.4, -0.2) is 41.1 Å². The van der Waals surface area contributed by atoms with Gasteiger partial charge in [0.1, 0.15) is 12.2 Å². The number of hydrogen-bond donors (Lipinski definition) is 0. The molecule has 0 N–H and O–H groups in total. The molecule has 0 unspecified atom stereocenters. The number of nitrogens with zero attached hydrogens (tertiary/aromatic N) is 1.